The van der Waals surface area contributed by atoms with Crippen LogP contribution in [0.1, 0.15) is 5.69 Å². The predicted octanol–water partition coefficient (Wildman–Crippen LogP) is 2.67. The van der Waals surface area contributed by atoms with Gasteiger partial charge in [0.25, 0.3) is 0 Å². The summed E-state index contributed by atoms with van der Waals surface area (Å²) in [5, 5.41) is 3.80. The molecule has 4 heterocycles. The zero-order chi connectivity index (χ0) is 20.3. The van der Waals surface area contributed by atoms with Crippen LogP contribution in [0.2, 0.25) is 0 Å². The molecule has 0 amide bonds. The van der Waals surface area contributed by atoms with E-state index in [1.54, 1.807) is 18.5 Å². The first kappa shape index (κ1) is 19.3. The average molecular weight is 403 g/mol. The van der Waals surface area contributed by atoms with Gasteiger partial charge in [0.15, 0.2) is 0 Å². The van der Waals surface area contributed by atoms with E-state index >= 15 is 0 Å². The molecule has 1 N–H and O–H groups in total. The minimum absolute atomic E-state index is 0.272. The van der Waals surface area contributed by atoms with Gasteiger partial charge in [0.2, 0.25) is 5.95 Å². The second-order valence-corrected chi connectivity index (χ2v) is 6.72. The third-order valence-corrected chi connectivity index (χ3v) is 4.83. The van der Waals surface area contributed by atoms with Gasteiger partial charge < -0.3 is 10.2 Å². The number of rotatable bonds is 5. The van der Waals surface area contributed by atoms with Gasteiger partial charge in [-0.05, 0) is 24.3 Å². The van der Waals surface area contributed by atoms with E-state index < -0.39 is 11.9 Å². The minimum Gasteiger partial charge on any atom is -0.368 e. The highest BCUT2D eigenvalue weighted by molar-refractivity contribution is 5.89. The van der Waals surface area contributed by atoms with Gasteiger partial charge in [-0.1, -0.05) is 0 Å². The lowest BCUT2D eigenvalue weighted by molar-refractivity contribution is -0.140. The molecule has 0 saturated carbocycles. The van der Waals surface area contributed by atoms with E-state index in [0.29, 0.717) is 17.7 Å². The molecule has 1 aliphatic rings. The molecule has 1 aliphatic heterocycles. The molecule has 7 nitrogen and oxygen atoms in total. The maximum atomic E-state index is 12.9. The third-order valence-electron chi connectivity index (χ3n) is 4.83. The lowest BCUT2D eigenvalue weighted by Gasteiger charge is -2.34. The first-order chi connectivity index (χ1) is 14.0. The van der Waals surface area contributed by atoms with Crippen molar-refractivity contribution in [1.82, 2.24) is 24.8 Å². The van der Waals surface area contributed by atoms with Crippen LogP contribution in [0.3, 0.4) is 0 Å². The lowest BCUT2D eigenvalue weighted by atomic mass is 10.2. The van der Waals surface area contributed by atoms with Gasteiger partial charge in [0.1, 0.15) is 11.5 Å². The third kappa shape index (κ3) is 4.53. The average Bonchev–Trinajstić information content (AvgIpc) is 2.74. The van der Waals surface area contributed by atoms with E-state index in [2.05, 4.69) is 35.1 Å². The molecule has 10 heteroatoms. The van der Waals surface area contributed by atoms with E-state index in [1.807, 2.05) is 0 Å². The smallest absolute Gasteiger partial charge is 0.368 e. The van der Waals surface area contributed by atoms with Crippen LogP contribution in [0, 0.1) is 0 Å². The van der Waals surface area contributed by atoms with Gasteiger partial charge in [0.05, 0.1) is 5.52 Å². The van der Waals surface area contributed by atoms with Crippen molar-refractivity contribution in [3.63, 3.8) is 0 Å². The Bertz CT molecular complexity index is 957. The van der Waals surface area contributed by atoms with Crippen LogP contribution in [-0.2, 0) is 6.18 Å². The van der Waals surface area contributed by atoms with Crippen LogP contribution in [0.15, 0.2) is 42.9 Å². The van der Waals surface area contributed by atoms with Gasteiger partial charge in [-0.25, -0.2) is 19.9 Å². The van der Waals surface area contributed by atoms with Crippen molar-refractivity contribution in [3.05, 3.63) is 48.5 Å². The molecular weight excluding hydrogens is 383 g/mol. The SMILES string of the molecule is FC(F)(F)c1ccc2c(NCCN3CCN(c4ncccn4)CC3)nccc2n1. The Balaban J connectivity index is 1.32. The second kappa shape index (κ2) is 8.16. The normalized spacial score (nSPS) is 15.6. The minimum atomic E-state index is -4.46. The molecule has 0 spiro atoms. The summed E-state index contributed by atoms with van der Waals surface area (Å²) >= 11 is 0. The Hall–Kier alpha value is -3.01. The van der Waals surface area contributed by atoms with Crippen molar-refractivity contribution in [3.8, 4) is 0 Å². The number of alkyl halides is 3. The monoisotopic (exact) mass is 403 g/mol. The highest BCUT2D eigenvalue weighted by Crippen LogP contribution is 2.30. The molecule has 0 bridgehead atoms. The van der Waals surface area contributed by atoms with Crippen LogP contribution in [0.4, 0.5) is 24.9 Å². The molecule has 0 aromatic carbocycles. The van der Waals surface area contributed by atoms with E-state index in [-0.39, 0.29) is 5.52 Å². The fraction of sp³-hybridized carbons (Fsp3) is 0.368. The van der Waals surface area contributed by atoms with Crippen molar-refractivity contribution in [2.24, 2.45) is 0 Å². The largest absolute Gasteiger partial charge is 0.433 e. The quantitative estimate of drug-likeness (QED) is 0.702. The summed E-state index contributed by atoms with van der Waals surface area (Å²) in [6, 6.07) is 5.69. The molecule has 0 atom stereocenters. The zero-order valence-electron chi connectivity index (χ0n) is 15.6. The summed E-state index contributed by atoms with van der Waals surface area (Å²) in [6.07, 6.45) is 0.485. The molecule has 0 aliphatic carbocycles. The number of hydrogen-bond donors (Lipinski definition) is 1. The zero-order valence-corrected chi connectivity index (χ0v) is 15.6. The second-order valence-electron chi connectivity index (χ2n) is 6.72. The number of nitrogens with zero attached hydrogens (tertiary/aromatic N) is 6. The number of fused-ring (bicyclic) bond motifs is 1. The molecule has 3 aromatic rings. The summed E-state index contributed by atoms with van der Waals surface area (Å²) < 4.78 is 38.6. The maximum Gasteiger partial charge on any atom is 0.433 e. The molecule has 1 saturated heterocycles. The first-order valence-electron chi connectivity index (χ1n) is 9.32. The van der Waals surface area contributed by atoms with Crippen LogP contribution >= 0.6 is 0 Å². The van der Waals surface area contributed by atoms with Crippen LogP contribution in [0.5, 0.6) is 0 Å². The molecule has 0 unspecified atom stereocenters. The highest BCUT2D eigenvalue weighted by Gasteiger charge is 2.32. The summed E-state index contributed by atoms with van der Waals surface area (Å²) in [7, 11) is 0. The molecular formula is C19H20F3N7. The van der Waals surface area contributed by atoms with Crippen molar-refractivity contribution < 1.29 is 13.2 Å². The first-order valence-corrected chi connectivity index (χ1v) is 9.32. The molecule has 3 aromatic heterocycles. The molecule has 152 valence electrons. The molecule has 1 fully saturated rings. The number of halogens is 3. The Labute approximate surface area is 165 Å². The summed E-state index contributed by atoms with van der Waals surface area (Å²) in [6.45, 7) is 4.91. The number of pyridine rings is 2. The molecule has 0 radical (unpaired) electrons. The van der Waals surface area contributed by atoms with Crippen molar-refractivity contribution >= 4 is 22.7 Å². The maximum absolute atomic E-state index is 12.9. The highest BCUT2D eigenvalue weighted by atomic mass is 19.4. The van der Waals surface area contributed by atoms with Gasteiger partial charge in [-0.15, -0.1) is 0 Å². The summed E-state index contributed by atoms with van der Waals surface area (Å²) in [5.74, 6) is 1.29. The standard InChI is InChI=1S/C19H20F3N7/c20-19(21,22)16-3-2-14-15(27-16)4-7-23-17(14)24-8-9-28-10-12-29(13-11-28)18-25-5-1-6-26-18/h1-7H,8-13H2,(H,23,24). The van der Waals surface area contributed by atoms with Crippen molar-refractivity contribution in [1.29, 1.82) is 0 Å². The Morgan fingerprint density at radius 2 is 1.69 bits per heavy atom. The van der Waals surface area contributed by atoms with Crippen LogP contribution in [-0.4, -0.2) is 64.1 Å². The Morgan fingerprint density at radius 1 is 0.931 bits per heavy atom. The fourth-order valence-electron chi connectivity index (χ4n) is 3.31. The Morgan fingerprint density at radius 3 is 2.41 bits per heavy atom. The number of anilines is 2. The number of nitrogens with one attached hydrogen (secondary N) is 1. The van der Waals surface area contributed by atoms with Gasteiger partial charge in [-0.2, -0.15) is 13.2 Å². The summed E-state index contributed by atoms with van der Waals surface area (Å²) in [4.78, 5) is 21.0. The van der Waals surface area contributed by atoms with Gasteiger partial charge in [-0.3, -0.25) is 4.90 Å². The van der Waals surface area contributed by atoms with E-state index in [0.717, 1.165) is 44.7 Å². The van der Waals surface area contributed by atoms with Gasteiger partial charge in [0, 0.05) is 63.2 Å². The fourth-order valence-corrected chi connectivity index (χ4v) is 3.31. The predicted molar refractivity (Wildman–Crippen MR) is 104 cm³/mol. The lowest BCUT2D eigenvalue weighted by Crippen LogP contribution is -2.48. The van der Waals surface area contributed by atoms with Crippen molar-refractivity contribution in [2.75, 3.05) is 49.5 Å². The number of aromatic nitrogens is 4. The van der Waals surface area contributed by atoms with E-state index in [9.17, 15) is 13.2 Å². The van der Waals surface area contributed by atoms with Crippen LogP contribution < -0.4 is 10.2 Å². The van der Waals surface area contributed by atoms with Crippen LogP contribution in [0.25, 0.3) is 10.9 Å². The number of piperazine rings is 1. The van der Waals surface area contributed by atoms with E-state index in [1.165, 1.54) is 18.3 Å². The van der Waals surface area contributed by atoms with E-state index in [4.69, 9.17) is 0 Å². The number of hydrogen-bond acceptors (Lipinski definition) is 7. The molecule has 29 heavy (non-hydrogen) atoms. The summed E-state index contributed by atoms with van der Waals surface area (Å²) in [5.41, 5.74) is -0.629. The van der Waals surface area contributed by atoms with Gasteiger partial charge >= 0.3 is 6.18 Å². The Kier molecular flexibility index (Phi) is 5.43. The molecule has 4 rings (SSSR count). The van der Waals surface area contributed by atoms with Crippen molar-refractivity contribution in [2.45, 2.75) is 6.18 Å². The topological polar surface area (TPSA) is 70.1 Å².